The minimum atomic E-state index is -4.67. The molecule has 4 aliphatic carbocycles. The Balaban J connectivity index is 1.50. The van der Waals surface area contributed by atoms with E-state index in [-0.39, 0.29) is 23.8 Å². The first-order valence-electron chi connectivity index (χ1n) is 10.5. The van der Waals surface area contributed by atoms with Crippen molar-refractivity contribution in [2.75, 3.05) is 0 Å². The molecule has 176 valence electrons. The number of hydrogen-bond donors (Lipinski definition) is 3. The molecule has 1 aromatic carbocycles. The first kappa shape index (κ1) is 23.0. The number of primary amides is 1. The summed E-state index contributed by atoms with van der Waals surface area (Å²) in [6.45, 7) is 2.61. The SMILES string of the molecule is CC(C)(NS(=O)(=O)c1ccc(F)c(F)c1F)C(=O)NC1C2CC3C[C@H]1CC(C(N)=O)(C3)C2. The Morgan fingerprint density at radius 3 is 2.22 bits per heavy atom. The standard InChI is InChI=1S/C21H26F3N3O4S/c1-20(2,27-32(30,31)14-4-3-13(22)15(23)16(14)24)19(29)26-17-11-5-10-6-12(17)9-21(7-10,8-11)18(25)28/h3-4,10-12,17,27H,5-9H2,1-2H3,(H2,25,28)(H,26,29)/t10?,11-,12?,17?,21?/m0/s1. The van der Waals surface area contributed by atoms with E-state index in [9.17, 15) is 31.2 Å². The predicted octanol–water partition coefficient (Wildman–Crippen LogP) is 1.96. The highest BCUT2D eigenvalue weighted by Crippen LogP contribution is 2.59. The van der Waals surface area contributed by atoms with Crippen LogP contribution >= 0.6 is 0 Å². The summed E-state index contributed by atoms with van der Waals surface area (Å²) in [6.07, 6.45) is 3.69. The summed E-state index contributed by atoms with van der Waals surface area (Å²) in [6, 6.07) is 0.879. The molecule has 11 heteroatoms. The summed E-state index contributed by atoms with van der Waals surface area (Å²) in [5, 5.41) is 2.92. The van der Waals surface area contributed by atoms with Crippen LogP contribution in [0.15, 0.2) is 17.0 Å². The molecule has 0 spiro atoms. The van der Waals surface area contributed by atoms with Gasteiger partial charge in [-0.15, -0.1) is 0 Å². The van der Waals surface area contributed by atoms with Crippen LogP contribution in [0, 0.1) is 40.6 Å². The molecule has 32 heavy (non-hydrogen) atoms. The second-order valence-electron chi connectivity index (χ2n) is 10.0. The fourth-order valence-corrected chi connectivity index (χ4v) is 7.49. The summed E-state index contributed by atoms with van der Waals surface area (Å²) >= 11 is 0. The molecule has 4 saturated carbocycles. The molecule has 0 heterocycles. The third kappa shape index (κ3) is 3.68. The van der Waals surface area contributed by atoms with E-state index in [2.05, 4.69) is 10.0 Å². The van der Waals surface area contributed by atoms with Crippen molar-refractivity contribution in [2.45, 2.75) is 62.4 Å². The van der Waals surface area contributed by atoms with Gasteiger partial charge in [0.15, 0.2) is 17.5 Å². The van der Waals surface area contributed by atoms with Gasteiger partial charge in [0, 0.05) is 11.5 Å². The van der Waals surface area contributed by atoms with Gasteiger partial charge >= 0.3 is 0 Å². The average molecular weight is 474 g/mol. The zero-order chi connectivity index (χ0) is 23.6. The highest BCUT2D eigenvalue weighted by Gasteiger charge is 2.58. The van der Waals surface area contributed by atoms with Gasteiger partial charge in [0.05, 0.1) is 0 Å². The fourth-order valence-electron chi connectivity index (χ4n) is 6.05. The second-order valence-corrected chi connectivity index (χ2v) is 11.7. The maximum absolute atomic E-state index is 14.0. The number of benzene rings is 1. The lowest BCUT2D eigenvalue weighted by Gasteiger charge is -2.59. The molecule has 7 nitrogen and oxygen atoms in total. The van der Waals surface area contributed by atoms with Crippen LogP contribution in [0.2, 0.25) is 0 Å². The molecule has 0 aromatic heterocycles. The molecule has 0 aliphatic heterocycles. The lowest BCUT2D eigenvalue weighted by molar-refractivity contribution is -0.148. The van der Waals surface area contributed by atoms with E-state index in [1.165, 1.54) is 13.8 Å². The number of carbonyl (C=O) groups excluding carboxylic acids is 2. The van der Waals surface area contributed by atoms with E-state index in [0.29, 0.717) is 30.9 Å². The van der Waals surface area contributed by atoms with Gasteiger partial charge in [0.25, 0.3) is 0 Å². The van der Waals surface area contributed by atoms with Crippen LogP contribution < -0.4 is 15.8 Å². The number of nitrogens with two attached hydrogens (primary N) is 1. The van der Waals surface area contributed by atoms with Crippen molar-refractivity contribution < 1.29 is 31.2 Å². The Morgan fingerprint density at radius 2 is 1.66 bits per heavy atom. The van der Waals surface area contributed by atoms with Crippen LogP contribution in [-0.4, -0.2) is 31.8 Å². The van der Waals surface area contributed by atoms with Crippen LogP contribution in [0.3, 0.4) is 0 Å². The van der Waals surface area contributed by atoms with Gasteiger partial charge < -0.3 is 11.1 Å². The molecule has 5 atom stereocenters. The number of sulfonamides is 1. The largest absolute Gasteiger partial charge is 0.369 e. The Bertz CT molecular complexity index is 1080. The maximum Gasteiger partial charge on any atom is 0.244 e. The van der Waals surface area contributed by atoms with Gasteiger partial charge in [-0.1, -0.05) is 0 Å². The van der Waals surface area contributed by atoms with Crippen molar-refractivity contribution in [1.82, 2.24) is 10.0 Å². The monoisotopic (exact) mass is 473 g/mol. The summed E-state index contributed by atoms with van der Waals surface area (Å²) in [7, 11) is -4.67. The van der Waals surface area contributed by atoms with Crippen molar-refractivity contribution in [3.63, 3.8) is 0 Å². The van der Waals surface area contributed by atoms with Crippen LogP contribution in [0.1, 0.15) is 46.0 Å². The number of carbonyl (C=O) groups is 2. The van der Waals surface area contributed by atoms with Gasteiger partial charge in [0.1, 0.15) is 10.4 Å². The van der Waals surface area contributed by atoms with E-state index in [1.54, 1.807) is 0 Å². The van der Waals surface area contributed by atoms with E-state index in [0.717, 1.165) is 19.3 Å². The topological polar surface area (TPSA) is 118 Å². The molecule has 5 rings (SSSR count). The smallest absolute Gasteiger partial charge is 0.244 e. The highest BCUT2D eigenvalue weighted by molar-refractivity contribution is 7.89. The fraction of sp³-hybridized carbons (Fsp3) is 0.619. The Hall–Kier alpha value is -2.14. The van der Waals surface area contributed by atoms with E-state index in [1.807, 2.05) is 0 Å². The highest BCUT2D eigenvalue weighted by atomic mass is 32.2. The summed E-state index contributed by atoms with van der Waals surface area (Å²) < 4.78 is 68.1. The van der Waals surface area contributed by atoms with Gasteiger partial charge in [0.2, 0.25) is 21.8 Å². The van der Waals surface area contributed by atoms with Gasteiger partial charge in [-0.2, -0.15) is 4.72 Å². The first-order chi connectivity index (χ1) is 14.8. The maximum atomic E-state index is 14.0. The van der Waals surface area contributed by atoms with E-state index in [4.69, 9.17) is 5.73 Å². The zero-order valence-corrected chi connectivity index (χ0v) is 18.6. The zero-order valence-electron chi connectivity index (χ0n) is 17.8. The average Bonchev–Trinajstić information content (AvgIpc) is 2.67. The summed E-state index contributed by atoms with van der Waals surface area (Å²) in [5.74, 6) is -5.70. The predicted molar refractivity (Wildman–Crippen MR) is 108 cm³/mol. The quantitative estimate of drug-likeness (QED) is 0.548. The van der Waals surface area contributed by atoms with Gasteiger partial charge in [-0.3, -0.25) is 9.59 Å². The molecule has 0 saturated heterocycles. The van der Waals surface area contributed by atoms with Gasteiger partial charge in [-0.25, -0.2) is 21.6 Å². The summed E-state index contributed by atoms with van der Waals surface area (Å²) in [5.41, 5.74) is 3.45. The van der Waals surface area contributed by atoms with E-state index < -0.39 is 49.2 Å². The molecule has 0 radical (unpaired) electrons. The first-order valence-corrected chi connectivity index (χ1v) is 12.0. The molecular weight excluding hydrogens is 447 g/mol. The lowest BCUT2D eigenvalue weighted by atomic mass is 9.47. The molecule has 4 bridgehead atoms. The minimum absolute atomic E-state index is 0.0637. The molecule has 4 unspecified atom stereocenters. The van der Waals surface area contributed by atoms with Crippen molar-refractivity contribution in [3.05, 3.63) is 29.6 Å². The van der Waals surface area contributed by atoms with E-state index >= 15 is 0 Å². The van der Waals surface area contributed by atoms with Crippen LogP contribution in [0.4, 0.5) is 13.2 Å². The summed E-state index contributed by atoms with van der Waals surface area (Å²) in [4.78, 5) is 24.0. The van der Waals surface area contributed by atoms with Crippen molar-refractivity contribution in [1.29, 1.82) is 0 Å². The third-order valence-corrected chi connectivity index (χ3v) is 9.01. The number of rotatable bonds is 6. The van der Waals surface area contributed by atoms with Gasteiger partial charge in [-0.05, 0) is 75.8 Å². The van der Waals surface area contributed by atoms with Crippen LogP contribution in [-0.2, 0) is 19.6 Å². The molecular formula is C21H26F3N3O4S. The number of amides is 2. The number of nitrogens with one attached hydrogen (secondary N) is 2. The molecule has 4 fully saturated rings. The number of hydrogen-bond acceptors (Lipinski definition) is 4. The Labute approximate surface area is 184 Å². The van der Waals surface area contributed by atoms with Crippen LogP contribution in [0.25, 0.3) is 0 Å². The third-order valence-electron chi connectivity index (χ3n) is 7.34. The Kier molecular flexibility index (Phi) is 5.36. The van der Waals surface area contributed by atoms with Crippen molar-refractivity contribution in [3.8, 4) is 0 Å². The molecule has 4 aliphatic rings. The lowest BCUT2D eigenvalue weighted by Crippen LogP contribution is -2.65. The molecule has 4 N–H and O–H groups in total. The van der Waals surface area contributed by atoms with Crippen molar-refractivity contribution >= 4 is 21.8 Å². The van der Waals surface area contributed by atoms with Crippen molar-refractivity contribution in [2.24, 2.45) is 28.9 Å². The number of halogens is 3. The normalized spacial score (nSPS) is 31.5. The van der Waals surface area contributed by atoms with Crippen LogP contribution in [0.5, 0.6) is 0 Å². The molecule has 1 aromatic rings. The Morgan fingerprint density at radius 1 is 1.06 bits per heavy atom. The molecule has 2 amide bonds. The minimum Gasteiger partial charge on any atom is -0.369 e. The second kappa shape index (κ2) is 7.44.